The van der Waals surface area contributed by atoms with Gasteiger partial charge in [-0.3, -0.25) is 0 Å². The van der Waals surface area contributed by atoms with Gasteiger partial charge >= 0.3 is 17.6 Å². The van der Waals surface area contributed by atoms with E-state index in [1.165, 1.54) is 19.3 Å². The summed E-state index contributed by atoms with van der Waals surface area (Å²) in [5.74, 6) is 0. The van der Waals surface area contributed by atoms with E-state index in [1.54, 1.807) is 42.7 Å². The van der Waals surface area contributed by atoms with Crippen LogP contribution in [0.5, 0.6) is 0 Å². The minimum Gasteiger partial charge on any atom is -0.377 e. The molecule has 0 aliphatic rings. The molecule has 0 aliphatic heterocycles. The third-order valence-corrected chi connectivity index (χ3v) is 10.8. The second-order valence-electron chi connectivity index (χ2n) is 7.29. The van der Waals surface area contributed by atoms with Crippen LogP contribution >= 0.6 is 0 Å². The fraction of sp³-hybridized carbons (Fsp3) is 1.00. The summed E-state index contributed by atoms with van der Waals surface area (Å²) in [5.41, 5.74) is 10.8. The highest BCUT2D eigenvalue weighted by atomic mass is 28.4. The normalized spacial score (nSPS) is 11.3. The molecule has 0 aliphatic carbocycles. The Bertz CT molecular complexity index is 367. The summed E-state index contributed by atoms with van der Waals surface area (Å²) in [4.78, 5) is 0. The average Bonchev–Trinajstić information content (AvgIpc) is 2.84. The van der Waals surface area contributed by atoms with Crippen LogP contribution in [0.15, 0.2) is 0 Å². The van der Waals surface area contributed by atoms with Gasteiger partial charge in [-0.15, -0.1) is 0 Å². The van der Waals surface area contributed by atoms with E-state index >= 15 is 0 Å². The maximum atomic E-state index is 5.44. The quantitative estimate of drug-likeness (QED) is 0.122. The molecule has 0 radical (unpaired) electrons. The van der Waals surface area contributed by atoms with Crippen LogP contribution < -0.4 is 22.1 Å². The monoisotopic (exact) mass is 532 g/mol. The second kappa shape index (κ2) is 29.3. The van der Waals surface area contributed by atoms with Crippen molar-refractivity contribution >= 4 is 17.6 Å². The number of hydrogen-bond acceptors (Lipinski definition) is 10. The number of nitrogens with two attached hydrogens (primary N) is 2. The Labute approximate surface area is 213 Å². The first-order valence-corrected chi connectivity index (χ1v) is 15.5. The van der Waals surface area contributed by atoms with E-state index < -0.39 is 17.6 Å². The molecule has 0 aromatic heterocycles. The Hall–Kier alpha value is 0.0338. The SMILES string of the molecule is C.C.CO[Si](CCCNCCCCCCN)(OC)OC.CO[Si](CCCNCCN)(OC)OC. The smallest absolute Gasteiger partial charge is 0.377 e. The first-order chi connectivity index (χ1) is 15.5. The van der Waals surface area contributed by atoms with Crippen molar-refractivity contribution in [2.75, 3.05) is 81.9 Å². The third-order valence-electron chi connectivity index (χ3n) is 5.17. The Kier molecular flexibility index (Phi) is 35.4. The molecule has 0 rings (SSSR count). The number of rotatable bonds is 22. The zero-order valence-corrected chi connectivity index (χ0v) is 23.5. The van der Waals surface area contributed by atoms with E-state index in [0.717, 1.165) is 64.1 Å². The van der Waals surface area contributed by atoms with Crippen LogP contribution in [0, 0.1) is 0 Å². The molecule has 12 heteroatoms. The Balaban J connectivity index is -0.000000257. The van der Waals surface area contributed by atoms with Gasteiger partial charge in [-0.05, 0) is 51.9 Å². The largest absolute Gasteiger partial charge is 0.500 e. The van der Waals surface area contributed by atoms with Gasteiger partial charge in [0, 0.05) is 67.8 Å². The molecular weight excluding hydrogens is 472 g/mol. The van der Waals surface area contributed by atoms with Gasteiger partial charge in [0.2, 0.25) is 0 Å². The highest BCUT2D eigenvalue weighted by Gasteiger charge is 2.37. The van der Waals surface area contributed by atoms with Crippen molar-refractivity contribution in [3.63, 3.8) is 0 Å². The van der Waals surface area contributed by atoms with Gasteiger partial charge in [0.15, 0.2) is 0 Å². The number of hydrogen-bond donors (Lipinski definition) is 4. The molecule has 0 aromatic rings. The van der Waals surface area contributed by atoms with Crippen molar-refractivity contribution in [1.82, 2.24) is 10.6 Å². The van der Waals surface area contributed by atoms with Crippen LogP contribution in [0.4, 0.5) is 0 Å². The Morgan fingerprint density at radius 2 is 0.824 bits per heavy atom. The van der Waals surface area contributed by atoms with Crippen molar-refractivity contribution in [3.05, 3.63) is 0 Å². The molecule has 34 heavy (non-hydrogen) atoms. The van der Waals surface area contributed by atoms with Crippen LogP contribution in [0.25, 0.3) is 0 Å². The summed E-state index contributed by atoms with van der Waals surface area (Å²) >= 11 is 0. The first kappa shape index (κ1) is 41.2. The van der Waals surface area contributed by atoms with E-state index in [1.807, 2.05) is 0 Å². The highest BCUT2D eigenvalue weighted by molar-refractivity contribution is 6.60. The summed E-state index contributed by atoms with van der Waals surface area (Å²) in [7, 11) is 5.16. The summed E-state index contributed by atoms with van der Waals surface area (Å²) in [6.45, 7) is 5.31. The van der Waals surface area contributed by atoms with Gasteiger partial charge < -0.3 is 48.7 Å². The molecular formula is C22H60N4O6Si2. The summed E-state index contributed by atoms with van der Waals surface area (Å²) in [6.07, 6.45) is 6.86. The third kappa shape index (κ3) is 21.3. The number of nitrogens with one attached hydrogen (secondary N) is 2. The van der Waals surface area contributed by atoms with Gasteiger partial charge in [0.05, 0.1) is 0 Å². The lowest BCUT2D eigenvalue weighted by Gasteiger charge is -2.24. The average molecular weight is 533 g/mol. The maximum absolute atomic E-state index is 5.44. The van der Waals surface area contributed by atoms with Crippen LogP contribution in [0.1, 0.15) is 53.4 Å². The molecule has 6 N–H and O–H groups in total. The molecule has 0 spiro atoms. The molecule has 0 amide bonds. The molecule has 0 saturated heterocycles. The number of unbranched alkanes of at least 4 members (excludes halogenated alkanes) is 3. The maximum Gasteiger partial charge on any atom is 0.500 e. The zero-order valence-electron chi connectivity index (χ0n) is 21.5. The minimum absolute atomic E-state index is 0. The van der Waals surface area contributed by atoms with Crippen molar-refractivity contribution in [3.8, 4) is 0 Å². The van der Waals surface area contributed by atoms with Crippen LogP contribution in [-0.4, -0.2) is 99.5 Å². The van der Waals surface area contributed by atoms with E-state index in [9.17, 15) is 0 Å². The van der Waals surface area contributed by atoms with Crippen LogP contribution in [-0.2, 0) is 26.6 Å². The van der Waals surface area contributed by atoms with E-state index in [2.05, 4.69) is 10.6 Å². The summed E-state index contributed by atoms with van der Waals surface area (Å²) in [5, 5.41) is 6.64. The molecule has 212 valence electrons. The fourth-order valence-corrected chi connectivity index (χ4v) is 6.52. The summed E-state index contributed by atoms with van der Waals surface area (Å²) in [6, 6.07) is 1.69. The molecule has 0 heterocycles. The second-order valence-corrected chi connectivity index (χ2v) is 13.5. The molecule has 0 bridgehead atoms. The van der Waals surface area contributed by atoms with E-state index in [4.69, 9.17) is 38.0 Å². The fourth-order valence-electron chi connectivity index (χ4n) is 3.07. The molecule has 10 nitrogen and oxygen atoms in total. The van der Waals surface area contributed by atoms with Gasteiger partial charge in [0.1, 0.15) is 0 Å². The molecule has 0 fully saturated rings. The molecule has 0 atom stereocenters. The first-order valence-electron chi connectivity index (χ1n) is 11.6. The van der Waals surface area contributed by atoms with Crippen LogP contribution in [0.2, 0.25) is 12.1 Å². The highest BCUT2D eigenvalue weighted by Crippen LogP contribution is 2.15. The van der Waals surface area contributed by atoms with Crippen molar-refractivity contribution in [2.24, 2.45) is 11.5 Å². The van der Waals surface area contributed by atoms with Crippen LogP contribution in [0.3, 0.4) is 0 Å². The Morgan fingerprint density at radius 1 is 0.471 bits per heavy atom. The standard InChI is InChI=1S/C12H30N2O3Si.C8H22N2O3Si.2CH4/c1-15-18(16-2,17-3)12-8-11-14-10-7-5-4-6-9-13;1-11-14(12-2,13-3)8-4-6-10-7-5-9;;/h14H,4-13H2,1-3H3;10H,4-9H2,1-3H3;2*1H4. The minimum atomic E-state index is -2.36. The van der Waals surface area contributed by atoms with Gasteiger partial charge in [-0.25, -0.2) is 0 Å². The van der Waals surface area contributed by atoms with Crippen molar-refractivity contribution in [2.45, 2.75) is 65.5 Å². The summed E-state index contributed by atoms with van der Waals surface area (Å²) < 4.78 is 31.9. The van der Waals surface area contributed by atoms with Gasteiger partial charge in [-0.1, -0.05) is 27.7 Å². The molecule has 0 aromatic carbocycles. The molecule has 0 saturated carbocycles. The lowest BCUT2D eigenvalue weighted by atomic mass is 10.2. The van der Waals surface area contributed by atoms with E-state index in [-0.39, 0.29) is 14.9 Å². The van der Waals surface area contributed by atoms with Crippen molar-refractivity contribution < 1.29 is 26.6 Å². The predicted molar refractivity (Wildman–Crippen MR) is 148 cm³/mol. The Morgan fingerprint density at radius 3 is 1.18 bits per heavy atom. The van der Waals surface area contributed by atoms with Crippen molar-refractivity contribution in [1.29, 1.82) is 0 Å². The van der Waals surface area contributed by atoms with E-state index in [0.29, 0.717) is 6.54 Å². The zero-order chi connectivity index (χ0) is 24.6. The van der Waals surface area contributed by atoms with Gasteiger partial charge in [0.25, 0.3) is 0 Å². The lowest BCUT2D eigenvalue weighted by molar-refractivity contribution is 0.122. The molecule has 0 unspecified atom stereocenters. The predicted octanol–water partition coefficient (Wildman–Crippen LogP) is 2.44. The lowest BCUT2D eigenvalue weighted by Crippen LogP contribution is -2.43. The van der Waals surface area contributed by atoms with Gasteiger partial charge in [-0.2, -0.15) is 0 Å². The topological polar surface area (TPSA) is 131 Å².